The average molecular weight is 298 g/mol. The van der Waals surface area contributed by atoms with Gasteiger partial charge in [0.15, 0.2) is 0 Å². The Bertz CT molecular complexity index is 483. The van der Waals surface area contributed by atoms with E-state index < -0.39 is 0 Å². The summed E-state index contributed by atoms with van der Waals surface area (Å²) < 4.78 is 13.7. The molecule has 0 radical (unpaired) electrons. The molecule has 0 aliphatic heterocycles. The van der Waals surface area contributed by atoms with Crippen molar-refractivity contribution in [2.24, 2.45) is 11.1 Å². The standard InChI is InChI=1S/C16H21ClFNO/c17-13-4-5-15(18)12(8-13)9-14(20)10-16(11-19)6-2-1-3-7-16/h4-5,8H,1-3,6-7,9-11,19H2. The molecule has 0 unspecified atom stereocenters. The molecule has 2 nitrogen and oxygen atoms in total. The number of benzene rings is 1. The molecule has 1 aliphatic carbocycles. The minimum Gasteiger partial charge on any atom is -0.330 e. The van der Waals surface area contributed by atoms with Gasteiger partial charge in [-0.3, -0.25) is 4.79 Å². The Kier molecular flexibility index (Phi) is 5.17. The van der Waals surface area contributed by atoms with Crippen molar-refractivity contribution in [2.75, 3.05) is 6.54 Å². The average Bonchev–Trinajstić information content (AvgIpc) is 2.44. The number of carbonyl (C=O) groups is 1. The number of hydrogen-bond donors (Lipinski definition) is 1. The first-order chi connectivity index (χ1) is 9.54. The van der Waals surface area contributed by atoms with Gasteiger partial charge in [-0.2, -0.15) is 0 Å². The second-order valence-electron chi connectivity index (χ2n) is 5.89. The van der Waals surface area contributed by atoms with Crippen molar-refractivity contribution >= 4 is 17.4 Å². The van der Waals surface area contributed by atoms with Gasteiger partial charge in [0.25, 0.3) is 0 Å². The molecule has 4 heteroatoms. The molecule has 0 saturated heterocycles. The molecule has 2 rings (SSSR count). The Morgan fingerprint density at radius 2 is 2.00 bits per heavy atom. The molecule has 0 heterocycles. The van der Waals surface area contributed by atoms with Gasteiger partial charge >= 0.3 is 0 Å². The summed E-state index contributed by atoms with van der Waals surface area (Å²) in [7, 11) is 0. The molecule has 20 heavy (non-hydrogen) atoms. The lowest BCUT2D eigenvalue weighted by atomic mass is 9.70. The highest BCUT2D eigenvalue weighted by Crippen LogP contribution is 2.38. The first-order valence-corrected chi connectivity index (χ1v) is 7.58. The summed E-state index contributed by atoms with van der Waals surface area (Å²) in [5.74, 6) is -0.313. The summed E-state index contributed by atoms with van der Waals surface area (Å²) in [6, 6.07) is 4.34. The number of rotatable bonds is 5. The topological polar surface area (TPSA) is 43.1 Å². The number of nitrogens with two attached hydrogens (primary N) is 1. The highest BCUT2D eigenvalue weighted by Gasteiger charge is 2.32. The molecular weight excluding hydrogens is 277 g/mol. The molecule has 1 aromatic rings. The summed E-state index contributed by atoms with van der Waals surface area (Å²) in [5.41, 5.74) is 6.20. The second kappa shape index (κ2) is 6.68. The van der Waals surface area contributed by atoms with Crippen molar-refractivity contribution < 1.29 is 9.18 Å². The highest BCUT2D eigenvalue weighted by molar-refractivity contribution is 6.30. The van der Waals surface area contributed by atoms with Crippen LogP contribution in [0.25, 0.3) is 0 Å². The fourth-order valence-corrected chi connectivity index (χ4v) is 3.32. The van der Waals surface area contributed by atoms with E-state index in [1.54, 1.807) is 0 Å². The number of carbonyl (C=O) groups excluding carboxylic acids is 1. The van der Waals surface area contributed by atoms with Crippen molar-refractivity contribution in [2.45, 2.75) is 44.9 Å². The minimum atomic E-state index is -0.367. The van der Waals surface area contributed by atoms with Gasteiger partial charge in [0, 0.05) is 17.9 Å². The summed E-state index contributed by atoms with van der Waals surface area (Å²) >= 11 is 5.85. The molecule has 1 aliphatic rings. The van der Waals surface area contributed by atoms with Gasteiger partial charge in [-0.25, -0.2) is 4.39 Å². The fourth-order valence-electron chi connectivity index (χ4n) is 3.13. The van der Waals surface area contributed by atoms with E-state index in [1.165, 1.54) is 24.6 Å². The van der Waals surface area contributed by atoms with Crippen LogP contribution in [0.4, 0.5) is 4.39 Å². The number of halogens is 2. The smallest absolute Gasteiger partial charge is 0.137 e. The summed E-state index contributed by atoms with van der Waals surface area (Å²) in [6.07, 6.45) is 6.06. The van der Waals surface area contributed by atoms with Crippen LogP contribution in [0.3, 0.4) is 0 Å². The molecular formula is C16H21ClFNO. The van der Waals surface area contributed by atoms with E-state index in [1.807, 2.05) is 0 Å². The lowest BCUT2D eigenvalue weighted by molar-refractivity contribution is -0.121. The van der Waals surface area contributed by atoms with Crippen molar-refractivity contribution in [3.63, 3.8) is 0 Å². The third-order valence-corrected chi connectivity index (χ3v) is 4.55. The Hall–Kier alpha value is -0.930. The van der Waals surface area contributed by atoms with Crippen LogP contribution in [0.2, 0.25) is 5.02 Å². The van der Waals surface area contributed by atoms with Crippen LogP contribution in [-0.2, 0) is 11.2 Å². The van der Waals surface area contributed by atoms with Crippen LogP contribution < -0.4 is 5.73 Å². The van der Waals surface area contributed by atoms with Gasteiger partial charge in [0.1, 0.15) is 11.6 Å². The van der Waals surface area contributed by atoms with Gasteiger partial charge in [-0.1, -0.05) is 30.9 Å². The van der Waals surface area contributed by atoms with Crippen LogP contribution in [0.15, 0.2) is 18.2 Å². The van der Waals surface area contributed by atoms with Gasteiger partial charge in [0.2, 0.25) is 0 Å². The Morgan fingerprint density at radius 1 is 1.30 bits per heavy atom. The summed E-state index contributed by atoms with van der Waals surface area (Å²) in [4.78, 5) is 12.2. The first-order valence-electron chi connectivity index (χ1n) is 7.20. The van der Waals surface area contributed by atoms with Crippen LogP contribution in [-0.4, -0.2) is 12.3 Å². The molecule has 2 N–H and O–H groups in total. The molecule has 1 aromatic carbocycles. The van der Waals surface area contributed by atoms with E-state index in [0.717, 1.165) is 25.7 Å². The first kappa shape index (κ1) is 15.5. The van der Waals surface area contributed by atoms with Crippen molar-refractivity contribution in [3.8, 4) is 0 Å². The summed E-state index contributed by atoms with van der Waals surface area (Å²) in [6.45, 7) is 0.538. The monoisotopic (exact) mass is 297 g/mol. The lowest BCUT2D eigenvalue weighted by Gasteiger charge is -2.35. The third kappa shape index (κ3) is 3.80. The largest absolute Gasteiger partial charge is 0.330 e. The summed E-state index contributed by atoms with van der Waals surface area (Å²) in [5, 5.41) is 0.459. The van der Waals surface area contributed by atoms with Crippen LogP contribution in [0.5, 0.6) is 0 Å². The highest BCUT2D eigenvalue weighted by atomic mass is 35.5. The quantitative estimate of drug-likeness (QED) is 0.896. The van der Waals surface area contributed by atoms with E-state index in [0.29, 0.717) is 23.6 Å². The maximum atomic E-state index is 13.7. The Morgan fingerprint density at radius 3 is 2.65 bits per heavy atom. The molecule has 110 valence electrons. The minimum absolute atomic E-state index is 0.0542. The zero-order valence-electron chi connectivity index (χ0n) is 11.6. The SMILES string of the molecule is NCC1(CC(=O)Cc2cc(Cl)ccc2F)CCCCC1. The molecule has 0 aromatic heterocycles. The molecule has 1 fully saturated rings. The van der Waals surface area contributed by atoms with E-state index >= 15 is 0 Å². The van der Waals surface area contributed by atoms with Crippen molar-refractivity contribution in [3.05, 3.63) is 34.6 Å². The second-order valence-corrected chi connectivity index (χ2v) is 6.33. The number of hydrogen-bond acceptors (Lipinski definition) is 2. The van der Waals surface area contributed by atoms with Crippen LogP contribution in [0, 0.1) is 11.2 Å². The maximum absolute atomic E-state index is 13.7. The van der Waals surface area contributed by atoms with Crippen molar-refractivity contribution in [1.29, 1.82) is 0 Å². The Labute approximate surface area is 124 Å². The van der Waals surface area contributed by atoms with E-state index in [2.05, 4.69) is 0 Å². The predicted octanol–water partition coefficient (Wildman–Crippen LogP) is 3.89. The van der Waals surface area contributed by atoms with E-state index in [4.69, 9.17) is 17.3 Å². The van der Waals surface area contributed by atoms with Crippen LogP contribution in [0.1, 0.15) is 44.1 Å². The van der Waals surface area contributed by atoms with E-state index in [-0.39, 0.29) is 23.4 Å². The number of ketones is 1. The molecule has 0 atom stereocenters. The zero-order chi connectivity index (χ0) is 14.6. The van der Waals surface area contributed by atoms with Gasteiger partial charge in [0.05, 0.1) is 0 Å². The predicted molar refractivity (Wildman–Crippen MR) is 79.3 cm³/mol. The van der Waals surface area contributed by atoms with Gasteiger partial charge < -0.3 is 5.73 Å². The maximum Gasteiger partial charge on any atom is 0.137 e. The van der Waals surface area contributed by atoms with Crippen molar-refractivity contribution in [1.82, 2.24) is 0 Å². The molecule has 0 spiro atoms. The van der Waals surface area contributed by atoms with Gasteiger partial charge in [-0.05, 0) is 48.6 Å². The third-order valence-electron chi connectivity index (χ3n) is 4.31. The molecule has 0 amide bonds. The molecule has 1 saturated carbocycles. The fraction of sp³-hybridized carbons (Fsp3) is 0.562. The Balaban J connectivity index is 2.02. The van der Waals surface area contributed by atoms with Gasteiger partial charge in [-0.15, -0.1) is 0 Å². The van der Waals surface area contributed by atoms with E-state index in [9.17, 15) is 9.18 Å². The lowest BCUT2D eigenvalue weighted by Crippen LogP contribution is -2.35. The van der Waals surface area contributed by atoms with Crippen LogP contribution >= 0.6 is 11.6 Å². The molecule has 0 bridgehead atoms. The zero-order valence-corrected chi connectivity index (χ0v) is 12.4. The normalized spacial score (nSPS) is 17.9. The number of Topliss-reactive ketones (excluding diaryl/α,β-unsaturated/α-hetero) is 1.